The van der Waals surface area contributed by atoms with Crippen molar-refractivity contribution in [2.45, 2.75) is 39.2 Å². The van der Waals surface area contributed by atoms with Crippen molar-refractivity contribution in [1.82, 2.24) is 0 Å². The molecule has 1 heteroatoms. The third kappa shape index (κ3) is 1.98. The Morgan fingerprint density at radius 1 is 1.00 bits per heavy atom. The van der Waals surface area contributed by atoms with Crippen LogP contribution in [0.2, 0.25) is 0 Å². The summed E-state index contributed by atoms with van der Waals surface area (Å²) in [6.45, 7) is 4.44. The van der Waals surface area contributed by atoms with Crippen molar-refractivity contribution in [1.29, 1.82) is 0 Å². The van der Waals surface area contributed by atoms with Crippen molar-refractivity contribution < 1.29 is 5.11 Å². The van der Waals surface area contributed by atoms with Gasteiger partial charge in [-0.3, -0.25) is 0 Å². The first kappa shape index (κ1) is 7.07. The van der Waals surface area contributed by atoms with E-state index in [0.717, 1.165) is 24.7 Å². The van der Waals surface area contributed by atoms with Gasteiger partial charge < -0.3 is 5.11 Å². The zero-order valence-electron chi connectivity index (χ0n) is 6.30. The number of aliphatic hydroxyl groups excluding tert-OH is 1. The Hall–Kier alpha value is -0.0400. The van der Waals surface area contributed by atoms with E-state index in [-0.39, 0.29) is 6.10 Å². The molecule has 3 atom stereocenters. The summed E-state index contributed by atoms with van der Waals surface area (Å²) < 4.78 is 0. The second-order valence-electron chi connectivity index (χ2n) is 3.57. The Labute approximate surface area is 57.1 Å². The molecule has 0 aliphatic heterocycles. The molecule has 0 bridgehead atoms. The van der Waals surface area contributed by atoms with Crippen LogP contribution in [0.25, 0.3) is 0 Å². The van der Waals surface area contributed by atoms with E-state index >= 15 is 0 Å². The highest BCUT2D eigenvalue weighted by atomic mass is 16.3. The van der Waals surface area contributed by atoms with Crippen molar-refractivity contribution in [3.63, 3.8) is 0 Å². The van der Waals surface area contributed by atoms with Crippen LogP contribution in [-0.2, 0) is 0 Å². The molecule has 0 amide bonds. The van der Waals surface area contributed by atoms with Gasteiger partial charge in [0.1, 0.15) is 0 Å². The minimum absolute atomic E-state index is 0.0104. The van der Waals surface area contributed by atoms with Crippen molar-refractivity contribution in [2.24, 2.45) is 11.8 Å². The van der Waals surface area contributed by atoms with Gasteiger partial charge in [-0.05, 0) is 31.1 Å². The van der Waals surface area contributed by atoms with Gasteiger partial charge in [0.05, 0.1) is 6.10 Å². The largest absolute Gasteiger partial charge is 0.393 e. The van der Waals surface area contributed by atoms with Crippen LogP contribution in [0.4, 0.5) is 0 Å². The van der Waals surface area contributed by atoms with E-state index in [1.165, 1.54) is 6.42 Å². The van der Waals surface area contributed by atoms with Gasteiger partial charge in [0.15, 0.2) is 0 Å². The quantitative estimate of drug-likeness (QED) is 0.527. The standard InChI is InChI=1S/C8H16O/c1-6-3-7(2)5-8(9)4-6/h6-9H,3-5H2,1-2H3/t6-,7?,8?/m1/s1. The fraction of sp³-hybridized carbons (Fsp3) is 1.00. The normalized spacial score (nSPS) is 45.0. The second-order valence-corrected chi connectivity index (χ2v) is 3.57. The van der Waals surface area contributed by atoms with E-state index in [1.807, 2.05) is 0 Å². The lowest BCUT2D eigenvalue weighted by atomic mass is 9.82. The second kappa shape index (κ2) is 2.70. The molecule has 1 fully saturated rings. The van der Waals surface area contributed by atoms with Gasteiger partial charge in [-0.15, -0.1) is 0 Å². The van der Waals surface area contributed by atoms with E-state index in [9.17, 15) is 5.11 Å². The molecule has 1 aliphatic carbocycles. The summed E-state index contributed by atoms with van der Waals surface area (Å²) in [6.07, 6.45) is 3.33. The lowest BCUT2D eigenvalue weighted by Crippen LogP contribution is -2.22. The zero-order valence-corrected chi connectivity index (χ0v) is 6.30. The molecule has 0 heterocycles. The van der Waals surface area contributed by atoms with Crippen LogP contribution in [-0.4, -0.2) is 11.2 Å². The van der Waals surface area contributed by atoms with Gasteiger partial charge in [-0.2, -0.15) is 0 Å². The molecule has 54 valence electrons. The van der Waals surface area contributed by atoms with Crippen LogP contribution in [0.3, 0.4) is 0 Å². The maximum absolute atomic E-state index is 9.25. The molecule has 1 aliphatic rings. The molecule has 2 unspecified atom stereocenters. The Morgan fingerprint density at radius 3 is 1.78 bits per heavy atom. The summed E-state index contributed by atoms with van der Waals surface area (Å²) in [5.41, 5.74) is 0. The maximum Gasteiger partial charge on any atom is 0.0545 e. The van der Waals surface area contributed by atoms with Crippen molar-refractivity contribution in [3.8, 4) is 0 Å². The molecule has 1 rings (SSSR count). The topological polar surface area (TPSA) is 20.2 Å². The highest BCUT2D eigenvalue weighted by molar-refractivity contribution is 4.73. The van der Waals surface area contributed by atoms with Crippen molar-refractivity contribution in [2.75, 3.05) is 0 Å². The number of hydrogen-bond donors (Lipinski definition) is 1. The first-order chi connectivity index (χ1) is 4.18. The lowest BCUT2D eigenvalue weighted by molar-refractivity contribution is 0.0804. The summed E-state index contributed by atoms with van der Waals surface area (Å²) in [4.78, 5) is 0. The molecule has 0 aromatic carbocycles. The average Bonchev–Trinajstić information content (AvgIpc) is 1.59. The van der Waals surface area contributed by atoms with E-state index in [1.54, 1.807) is 0 Å². The molecule has 1 saturated carbocycles. The van der Waals surface area contributed by atoms with Crippen molar-refractivity contribution >= 4 is 0 Å². The molecule has 1 nitrogen and oxygen atoms in total. The van der Waals surface area contributed by atoms with Gasteiger partial charge in [0, 0.05) is 0 Å². The van der Waals surface area contributed by atoms with Crippen LogP contribution in [0, 0.1) is 11.8 Å². The van der Waals surface area contributed by atoms with E-state index in [0.29, 0.717) is 0 Å². The molecule has 0 radical (unpaired) electrons. The molecular weight excluding hydrogens is 112 g/mol. The Morgan fingerprint density at radius 2 is 1.44 bits per heavy atom. The SMILES string of the molecule is CC1CC(O)C[C@H](C)C1. The molecule has 0 spiro atoms. The van der Waals surface area contributed by atoms with Gasteiger partial charge >= 0.3 is 0 Å². The van der Waals surface area contributed by atoms with E-state index in [4.69, 9.17) is 0 Å². The summed E-state index contributed by atoms with van der Waals surface area (Å²) in [6, 6.07) is 0. The first-order valence-corrected chi connectivity index (χ1v) is 3.86. The van der Waals surface area contributed by atoms with Gasteiger partial charge in [-0.25, -0.2) is 0 Å². The molecular formula is C8H16O. The van der Waals surface area contributed by atoms with Crippen LogP contribution < -0.4 is 0 Å². The average molecular weight is 128 g/mol. The zero-order chi connectivity index (χ0) is 6.85. The minimum Gasteiger partial charge on any atom is -0.393 e. The highest BCUT2D eigenvalue weighted by Gasteiger charge is 2.21. The molecule has 0 saturated heterocycles. The number of hydrogen-bond acceptors (Lipinski definition) is 1. The molecule has 0 aromatic rings. The Bertz CT molecular complexity index is 65.5. The summed E-state index contributed by atoms with van der Waals surface area (Å²) in [5.74, 6) is 1.48. The van der Waals surface area contributed by atoms with Crippen LogP contribution in [0.15, 0.2) is 0 Å². The predicted molar refractivity (Wildman–Crippen MR) is 38.2 cm³/mol. The predicted octanol–water partition coefficient (Wildman–Crippen LogP) is 1.80. The maximum atomic E-state index is 9.25. The fourth-order valence-electron chi connectivity index (χ4n) is 1.90. The lowest BCUT2D eigenvalue weighted by Gasteiger charge is -2.27. The number of rotatable bonds is 0. The van der Waals surface area contributed by atoms with Gasteiger partial charge in [-0.1, -0.05) is 13.8 Å². The van der Waals surface area contributed by atoms with Crippen LogP contribution in [0.1, 0.15) is 33.1 Å². The fourth-order valence-corrected chi connectivity index (χ4v) is 1.90. The Balaban J connectivity index is 2.34. The van der Waals surface area contributed by atoms with E-state index in [2.05, 4.69) is 13.8 Å². The van der Waals surface area contributed by atoms with Crippen molar-refractivity contribution in [3.05, 3.63) is 0 Å². The first-order valence-electron chi connectivity index (χ1n) is 3.86. The summed E-state index contributed by atoms with van der Waals surface area (Å²) >= 11 is 0. The third-order valence-corrected chi connectivity index (χ3v) is 2.15. The summed E-state index contributed by atoms with van der Waals surface area (Å²) in [5, 5.41) is 9.25. The van der Waals surface area contributed by atoms with Crippen LogP contribution in [0.5, 0.6) is 0 Å². The van der Waals surface area contributed by atoms with Gasteiger partial charge in [0.25, 0.3) is 0 Å². The van der Waals surface area contributed by atoms with Crippen LogP contribution >= 0.6 is 0 Å². The monoisotopic (exact) mass is 128 g/mol. The van der Waals surface area contributed by atoms with E-state index < -0.39 is 0 Å². The molecule has 1 N–H and O–H groups in total. The minimum atomic E-state index is -0.0104. The summed E-state index contributed by atoms with van der Waals surface area (Å²) in [7, 11) is 0. The highest BCUT2D eigenvalue weighted by Crippen LogP contribution is 2.27. The molecule has 9 heavy (non-hydrogen) atoms. The Kier molecular flexibility index (Phi) is 2.12. The smallest absolute Gasteiger partial charge is 0.0545 e. The van der Waals surface area contributed by atoms with Gasteiger partial charge in [0.2, 0.25) is 0 Å². The molecule has 0 aromatic heterocycles. The number of aliphatic hydroxyl groups is 1. The third-order valence-electron chi connectivity index (χ3n) is 2.15.